The Balaban J connectivity index is 1.90. The fourth-order valence-corrected chi connectivity index (χ4v) is 2.38. The monoisotopic (exact) mass is 279 g/mol. The molecular weight excluding hydrogens is 254 g/mol. The van der Waals surface area contributed by atoms with Gasteiger partial charge in [0.1, 0.15) is 17.5 Å². The minimum absolute atomic E-state index is 0.344. The van der Waals surface area contributed by atoms with Crippen LogP contribution in [0.15, 0.2) is 6.07 Å². The summed E-state index contributed by atoms with van der Waals surface area (Å²) in [7, 11) is 0. The first-order chi connectivity index (χ1) is 9.67. The summed E-state index contributed by atoms with van der Waals surface area (Å²) in [5.74, 6) is 2.54. The Labute approximate surface area is 120 Å². The molecule has 2 rings (SSSR count). The van der Waals surface area contributed by atoms with Crippen LogP contribution < -0.4 is 10.6 Å². The van der Waals surface area contributed by atoms with Crippen LogP contribution in [0.1, 0.15) is 19.7 Å². The zero-order chi connectivity index (χ0) is 14.4. The minimum atomic E-state index is 0.344. The number of aromatic nitrogens is 2. The molecule has 112 valence electrons. The summed E-state index contributed by atoms with van der Waals surface area (Å²) in [4.78, 5) is 11.2. The maximum atomic E-state index is 5.37. The number of hydrogen-bond donors (Lipinski definition) is 2. The van der Waals surface area contributed by atoms with Crippen molar-refractivity contribution in [2.24, 2.45) is 0 Å². The third-order valence-corrected chi connectivity index (χ3v) is 3.23. The van der Waals surface area contributed by atoms with E-state index in [1.807, 2.05) is 13.0 Å². The number of aryl methyl sites for hydroxylation is 1. The third kappa shape index (κ3) is 4.61. The molecule has 1 saturated heterocycles. The zero-order valence-corrected chi connectivity index (χ0v) is 12.6. The number of anilines is 2. The molecule has 1 aromatic rings. The number of nitrogens with one attached hydrogen (secondary N) is 2. The lowest BCUT2D eigenvalue weighted by Crippen LogP contribution is -2.42. The third-order valence-electron chi connectivity index (χ3n) is 3.23. The van der Waals surface area contributed by atoms with Gasteiger partial charge in [-0.15, -0.1) is 0 Å². The van der Waals surface area contributed by atoms with Crippen molar-refractivity contribution >= 4 is 11.6 Å². The van der Waals surface area contributed by atoms with E-state index >= 15 is 0 Å². The van der Waals surface area contributed by atoms with Crippen molar-refractivity contribution in [1.29, 1.82) is 0 Å². The Hall–Kier alpha value is -1.40. The molecule has 1 aromatic heterocycles. The normalized spacial score (nSPS) is 17.8. The van der Waals surface area contributed by atoms with Crippen LogP contribution in [-0.4, -0.2) is 60.3 Å². The molecule has 20 heavy (non-hydrogen) atoms. The van der Waals surface area contributed by atoms with Gasteiger partial charge in [-0.1, -0.05) is 0 Å². The Morgan fingerprint density at radius 3 is 2.70 bits per heavy atom. The number of nitrogens with zero attached hydrogens (tertiary/aromatic N) is 3. The molecule has 1 aliphatic rings. The first-order valence-electron chi connectivity index (χ1n) is 7.33. The molecule has 1 fully saturated rings. The maximum Gasteiger partial charge on any atom is 0.132 e. The van der Waals surface area contributed by atoms with Gasteiger partial charge < -0.3 is 15.4 Å². The lowest BCUT2D eigenvalue weighted by atomic mass is 10.3. The average Bonchev–Trinajstić information content (AvgIpc) is 2.39. The van der Waals surface area contributed by atoms with Crippen LogP contribution >= 0.6 is 0 Å². The van der Waals surface area contributed by atoms with Gasteiger partial charge in [-0.3, -0.25) is 4.90 Å². The van der Waals surface area contributed by atoms with Gasteiger partial charge in [0, 0.05) is 38.3 Å². The summed E-state index contributed by atoms with van der Waals surface area (Å²) in [6.45, 7) is 11.7. The second-order valence-electron chi connectivity index (χ2n) is 5.17. The molecule has 0 bridgehead atoms. The fraction of sp³-hybridized carbons (Fsp3) is 0.714. The van der Waals surface area contributed by atoms with E-state index in [1.165, 1.54) is 0 Å². The van der Waals surface area contributed by atoms with E-state index in [0.717, 1.165) is 56.9 Å². The van der Waals surface area contributed by atoms with Gasteiger partial charge in [-0.2, -0.15) is 0 Å². The van der Waals surface area contributed by atoms with E-state index in [9.17, 15) is 0 Å². The summed E-state index contributed by atoms with van der Waals surface area (Å²) in [5.41, 5.74) is 0. The van der Waals surface area contributed by atoms with Gasteiger partial charge >= 0.3 is 0 Å². The first kappa shape index (κ1) is 15.0. The quantitative estimate of drug-likeness (QED) is 0.819. The van der Waals surface area contributed by atoms with Crippen LogP contribution in [0.3, 0.4) is 0 Å². The zero-order valence-electron chi connectivity index (χ0n) is 12.6. The Morgan fingerprint density at radius 2 is 2.00 bits per heavy atom. The Bertz CT molecular complexity index is 420. The molecule has 0 radical (unpaired) electrons. The second-order valence-corrected chi connectivity index (χ2v) is 5.17. The van der Waals surface area contributed by atoms with Crippen LogP contribution in [0.4, 0.5) is 11.6 Å². The lowest BCUT2D eigenvalue weighted by Gasteiger charge is -2.29. The largest absolute Gasteiger partial charge is 0.379 e. The van der Waals surface area contributed by atoms with Gasteiger partial charge in [-0.25, -0.2) is 9.97 Å². The van der Waals surface area contributed by atoms with Crippen LogP contribution in [0.25, 0.3) is 0 Å². The Kier molecular flexibility index (Phi) is 5.55. The molecule has 0 saturated carbocycles. The standard InChI is InChI=1S/C14H25N5O/c1-4-15-13-9-14(18-12(3)17-13)16-11(2)10-19-5-7-20-8-6-19/h9,11H,4-8,10H2,1-3H3,(H2,15,16,17,18). The van der Waals surface area contributed by atoms with Crippen molar-refractivity contribution in [3.8, 4) is 0 Å². The van der Waals surface area contributed by atoms with Crippen LogP contribution in [0.5, 0.6) is 0 Å². The SMILES string of the molecule is CCNc1cc(NC(C)CN2CCOCC2)nc(C)n1. The van der Waals surface area contributed by atoms with Crippen LogP contribution in [-0.2, 0) is 4.74 Å². The van der Waals surface area contributed by atoms with Gasteiger partial charge in [0.15, 0.2) is 0 Å². The van der Waals surface area contributed by atoms with Crippen molar-refractivity contribution in [1.82, 2.24) is 14.9 Å². The molecule has 2 heterocycles. The lowest BCUT2D eigenvalue weighted by molar-refractivity contribution is 0.0368. The maximum absolute atomic E-state index is 5.37. The summed E-state index contributed by atoms with van der Waals surface area (Å²) in [6.07, 6.45) is 0. The first-order valence-corrected chi connectivity index (χ1v) is 7.33. The molecule has 1 unspecified atom stereocenters. The predicted octanol–water partition coefficient (Wildman–Crippen LogP) is 1.35. The van der Waals surface area contributed by atoms with E-state index in [4.69, 9.17) is 4.74 Å². The van der Waals surface area contributed by atoms with Gasteiger partial charge in [-0.05, 0) is 20.8 Å². The predicted molar refractivity (Wildman–Crippen MR) is 81.3 cm³/mol. The van der Waals surface area contributed by atoms with Gasteiger partial charge in [0.2, 0.25) is 0 Å². The van der Waals surface area contributed by atoms with E-state index in [-0.39, 0.29) is 0 Å². The molecule has 6 nitrogen and oxygen atoms in total. The number of ether oxygens (including phenoxy) is 1. The number of rotatable bonds is 6. The van der Waals surface area contributed by atoms with Crippen molar-refractivity contribution < 1.29 is 4.74 Å². The number of morpholine rings is 1. The molecule has 0 aromatic carbocycles. The highest BCUT2D eigenvalue weighted by atomic mass is 16.5. The highest BCUT2D eigenvalue weighted by Gasteiger charge is 2.14. The van der Waals surface area contributed by atoms with E-state index in [0.29, 0.717) is 6.04 Å². The van der Waals surface area contributed by atoms with E-state index in [2.05, 4.69) is 39.3 Å². The van der Waals surface area contributed by atoms with Crippen molar-refractivity contribution in [3.63, 3.8) is 0 Å². The van der Waals surface area contributed by atoms with Crippen molar-refractivity contribution in [2.45, 2.75) is 26.8 Å². The molecule has 2 N–H and O–H groups in total. The second kappa shape index (κ2) is 7.40. The molecule has 0 spiro atoms. The molecule has 1 atom stereocenters. The van der Waals surface area contributed by atoms with Crippen molar-refractivity contribution in [2.75, 3.05) is 50.0 Å². The molecular formula is C14H25N5O. The molecule has 1 aliphatic heterocycles. The van der Waals surface area contributed by atoms with Crippen LogP contribution in [0, 0.1) is 6.92 Å². The van der Waals surface area contributed by atoms with Gasteiger partial charge in [0.05, 0.1) is 13.2 Å². The smallest absolute Gasteiger partial charge is 0.132 e. The van der Waals surface area contributed by atoms with Crippen molar-refractivity contribution in [3.05, 3.63) is 11.9 Å². The molecule has 0 amide bonds. The molecule has 6 heteroatoms. The summed E-state index contributed by atoms with van der Waals surface area (Å²) < 4.78 is 5.37. The highest BCUT2D eigenvalue weighted by Crippen LogP contribution is 2.12. The van der Waals surface area contributed by atoms with Gasteiger partial charge in [0.25, 0.3) is 0 Å². The molecule has 0 aliphatic carbocycles. The minimum Gasteiger partial charge on any atom is -0.379 e. The topological polar surface area (TPSA) is 62.3 Å². The summed E-state index contributed by atoms with van der Waals surface area (Å²) >= 11 is 0. The van der Waals surface area contributed by atoms with Crippen LogP contribution in [0.2, 0.25) is 0 Å². The summed E-state index contributed by atoms with van der Waals surface area (Å²) in [6, 6.07) is 2.31. The average molecular weight is 279 g/mol. The van der Waals surface area contributed by atoms with E-state index < -0.39 is 0 Å². The highest BCUT2D eigenvalue weighted by molar-refractivity contribution is 5.47. The number of hydrogen-bond acceptors (Lipinski definition) is 6. The Morgan fingerprint density at radius 1 is 1.30 bits per heavy atom. The van der Waals surface area contributed by atoms with E-state index in [1.54, 1.807) is 0 Å². The summed E-state index contributed by atoms with van der Waals surface area (Å²) in [5, 5.41) is 6.68. The fourth-order valence-electron chi connectivity index (χ4n) is 2.38.